The molecular weight excluding hydrogens is 540 g/mol. The van der Waals surface area contributed by atoms with Gasteiger partial charge in [0.05, 0.1) is 28.9 Å². The number of amides is 1. The Morgan fingerprint density at radius 3 is 2.47 bits per heavy atom. The van der Waals surface area contributed by atoms with Gasteiger partial charge in [0.25, 0.3) is 5.91 Å². The lowest BCUT2D eigenvalue weighted by molar-refractivity contribution is 0.0977. The van der Waals surface area contributed by atoms with Gasteiger partial charge in [-0.2, -0.15) is 0 Å². The maximum Gasteiger partial charge on any atom is 0.285 e. The van der Waals surface area contributed by atoms with Crippen molar-refractivity contribution in [1.29, 1.82) is 0 Å². The van der Waals surface area contributed by atoms with E-state index in [-0.39, 0.29) is 49.8 Å². The zero-order valence-corrected chi connectivity index (χ0v) is 22.2. The number of aryl methyl sites for hydroxylation is 1. The van der Waals surface area contributed by atoms with Crippen molar-refractivity contribution in [3.05, 3.63) is 91.9 Å². The molecule has 1 amide bonds. The van der Waals surface area contributed by atoms with E-state index in [1.165, 1.54) is 25.1 Å². The number of nitrogens with one attached hydrogen (secondary N) is 2. The molecule has 2 aromatic carbocycles. The zero-order valence-electron chi connectivity index (χ0n) is 20.6. The first-order chi connectivity index (χ1) is 17.7. The Morgan fingerprint density at radius 1 is 1.11 bits per heavy atom. The first-order valence-corrected chi connectivity index (χ1v) is 13.5. The lowest BCUT2D eigenvalue weighted by atomic mass is 9.98. The van der Waals surface area contributed by atoms with Gasteiger partial charge in [0, 0.05) is 17.2 Å². The van der Waals surface area contributed by atoms with E-state index in [4.69, 9.17) is 16.0 Å². The molecular formula is C26H22ClF2N3O5S. The van der Waals surface area contributed by atoms with Gasteiger partial charge in [-0.25, -0.2) is 26.9 Å². The maximum absolute atomic E-state index is 14.6. The predicted octanol–water partition coefficient (Wildman–Crippen LogP) is 5.27. The van der Waals surface area contributed by atoms with Crippen molar-refractivity contribution >= 4 is 44.2 Å². The average Bonchev–Trinajstić information content (AvgIpc) is 2.81. The predicted molar refractivity (Wildman–Crippen MR) is 141 cm³/mol. The van der Waals surface area contributed by atoms with Crippen LogP contribution in [0.2, 0.25) is 5.15 Å². The van der Waals surface area contributed by atoms with Crippen molar-refractivity contribution in [1.82, 2.24) is 9.71 Å². The van der Waals surface area contributed by atoms with Gasteiger partial charge in [0.15, 0.2) is 11.1 Å². The van der Waals surface area contributed by atoms with Crippen LogP contribution in [0.5, 0.6) is 0 Å². The molecule has 0 aliphatic heterocycles. The average molecular weight is 562 g/mol. The zero-order chi connectivity index (χ0) is 27.9. The molecule has 1 atom stereocenters. The summed E-state index contributed by atoms with van der Waals surface area (Å²) in [6.45, 7) is 5.00. The van der Waals surface area contributed by atoms with Crippen molar-refractivity contribution in [2.75, 3.05) is 11.6 Å². The van der Waals surface area contributed by atoms with Gasteiger partial charge in [0.1, 0.15) is 28.1 Å². The lowest BCUT2D eigenvalue weighted by Gasteiger charge is -2.20. The highest BCUT2D eigenvalue weighted by atomic mass is 35.5. The molecule has 0 saturated heterocycles. The number of halogens is 3. The number of carbonyl (C=O) groups is 1. The van der Waals surface area contributed by atoms with Gasteiger partial charge >= 0.3 is 0 Å². The third-order valence-electron chi connectivity index (χ3n) is 5.76. The van der Waals surface area contributed by atoms with Crippen LogP contribution in [0.4, 0.5) is 14.5 Å². The number of nitrogens with zero attached hydrogens (tertiary/aromatic N) is 1. The molecule has 198 valence electrons. The first-order valence-electron chi connectivity index (χ1n) is 11.2. The van der Waals surface area contributed by atoms with Crippen LogP contribution >= 0.6 is 11.6 Å². The molecule has 0 radical (unpaired) electrons. The number of carbonyl (C=O) groups excluding carboxylic acids is 1. The highest BCUT2D eigenvalue weighted by Gasteiger charge is 2.23. The van der Waals surface area contributed by atoms with Crippen LogP contribution in [0.15, 0.2) is 51.7 Å². The minimum Gasteiger partial charge on any atom is -0.455 e. The van der Waals surface area contributed by atoms with Crippen LogP contribution in [0.1, 0.15) is 40.1 Å². The molecule has 0 fully saturated rings. The number of benzene rings is 2. The van der Waals surface area contributed by atoms with E-state index in [1.807, 2.05) is 4.72 Å². The van der Waals surface area contributed by atoms with Crippen LogP contribution in [0.25, 0.3) is 22.3 Å². The Kier molecular flexibility index (Phi) is 7.26. The standard InChI is InChI=1S/C26H22ClF2N3O5S/c1-12-9-17(14(3)30-20-7-8-21(27)31-22(20)26(34)32-38(4,35)36)25-18(10-12)23(33)13(2)24(37-25)16-6-5-15(28)11-19(16)29/h5-11,14,30H,1-4H3,(H,32,34). The maximum atomic E-state index is 14.6. The van der Waals surface area contributed by atoms with Crippen molar-refractivity contribution in [2.45, 2.75) is 26.8 Å². The molecule has 38 heavy (non-hydrogen) atoms. The van der Waals surface area contributed by atoms with Crippen LogP contribution in [0.3, 0.4) is 0 Å². The Hall–Kier alpha value is -3.83. The number of hydrogen-bond acceptors (Lipinski definition) is 7. The molecule has 2 N–H and O–H groups in total. The topological polar surface area (TPSA) is 118 Å². The molecule has 2 heterocycles. The normalized spacial score (nSPS) is 12.4. The first kappa shape index (κ1) is 27.2. The van der Waals surface area contributed by atoms with E-state index < -0.39 is 33.6 Å². The highest BCUT2D eigenvalue weighted by Crippen LogP contribution is 2.33. The number of sulfonamides is 1. The van der Waals surface area contributed by atoms with E-state index >= 15 is 0 Å². The third-order valence-corrected chi connectivity index (χ3v) is 6.53. The monoisotopic (exact) mass is 561 g/mol. The summed E-state index contributed by atoms with van der Waals surface area (Å²) in [5.41, 5.74) is 0.981. The Balaban J connectivity index is 1.86. The second kappa shape index (κ2) is 10.1. The molecule has 0 aliphatic rings. The summed E-state index contributed by atoms with van der Waals surface area (Å²) in [5, 5.41) is 3.31. The second-order valence-electron chi connectivity index (χ2n) is 8.84. The van der Waals surface area contributed by atoms with Gasteiger partial charge < -0.3 is 9.73 Å². The van der Waals surface area contributed by atoms with Crippen LogP contribution in [-0.4, -0.2) is 25.6 Å². The smallest absolute Gasteiger partial charge is 0.285 e. The van der Waals surface area contributed by atoms with Crippen molar-refractivity contribution in [3.8, 4) is 11.3 Å². The minimum atomic E-state index is -3.88. The quantitative estimate of drug-likeness (QED) is 0.308. The van der Waals surface area contributed by atoms with E-state index in [0.29, 0.717) is 11.6 Å². The lowest BCUT2D eigenvalue weighted by Crippen LogP contribution is -2.31. The summed E-state index contributed by atoms with van der Waals surface area (Å²) in [4.78, 5) is 29.8. The summed E-state index contributed by atoms with van der Waals surface area (Å²) in [6.07, 6.45) is 0.829. The number of anilines is 1. The summed E-state index contributed by atoms with van der Waals surface area (Å²) in [5.74, 6) is -2.69. The molecule has 0 aliphatic carbocycles. The summed E-state index contributed by atoms with van der Waals surface area (Å²) in [6, 6.07) is 8.62. The molecule has 2 aromatic heterocycles. The number of pyridine rings is 1. The molecule has 4 aromatic rings. The molecule has 0 bridgehead atoms. The molecule has 0 saturated carbocycles. The second-order valence-corrected chi connectivity index (χ2v) is 11.0. The number of hydrogen-bond donors (Lipinski definition) is 2. The summed E-state index contributed by atoms with van der Waals surface area (Å²) >= 11 is 5.94. The number of fused-ring (bicyclic) bond motifs is 1. The third kappa shape index (κ3) is 5.53. The Labute approximate surface area is 221 Å². The van der Waals surface area contributed by atoms with E-state index in [1.54, 1.807) is 26.0 Å². The van der Waals surface area contributed by atoms with Gasteiger partial charge in [-0.3, -0.25) is 9.59 Å². The van der Waals surface area contributed by atoms with E-state index in [0.717, 1.165) is 17.9 Å². The molecule has 12 heteroatoms. The highest BCUT2D eigenvalue weighted by molar-refractivity contribution is 7.89. The largest absolute Gasteiger partial charge is 0.455 e. The summed E-state index contributed by atoms with van der Waals surface area (Å²) in [7, 11) is -3.88. The molecule has 4 rings (SSSR count). The fourth-order valence-electron chi connectivity index (χ4n) is 4.07. The van der Waals surface area contributed by atoms with Crippen molar-refractivity contribution in [2.24, 2.45) is 0 Å². The fraction of sp³-hybridized carbons (Fsp3) is 0.192. The Morgan fingerprint density at radius 2 is 1.82 bits per heavy atom. The number of rotatable bonds is 6. The fourth-order valence-corrected chi connectivity index (χ4v) is 4.65. The van der Waals surface area contributed by atoms with Gasteiger partial charge in [0.2, 0.25) is 10.0 Å². The van der Waals surface area contributed by atoms with Crippen LogP contribution in [0, 0.1) is 25.5 Å². The SMILES string of the molecule is Cc1cc(C(C)Nc2ccc(Cl)nc2C(=O)NS(C)(=O)=O)c2oc(-c3ccc(F)cc3F)c(C)c(=O)c2c1. The van der Waals surface area contributed by atoms with Gasteiger partial charge in [-0.1, -0.05) is 17.7 Å². The van der Waals surface area contributed by atoms with Crippen LogP contribution in [-0.2, 0) is 10.0 Å². The summed E-state index contributed by atoms with van der Waals surface area (Å²) < 4.78 is 59.2. The molecule has 8 nitrogen and oxygen atoms in total. The van der Waals surface area contributed by atoms with Crippen molar-refractivity contribution in [3.63, 3.8) is 0 Å². The van der Waals surface area contributed by atoms with E-state index in [9.17, 15) is 26.8 Å². The molecule has 0 spiro atoms. The van der Waals surface area contributed by atoms with E-state index in [2.05, 4.69) is 10.3 Å². The molecule has 1 unspecified atom stereocenters. The van der Waals surface area contributed by atoms with Gasteiger partial charge in [-0.15, -0.1) is 0 Å². The van der Waals surface area contributed by atoms with Gasteiger partial charge in [-0.05, 0) is 56.7 Å². The van der Waals surface area contributed by atoms with Crippen molar-refractivity contribution < 1.29 is 26.4 Å². The number of aromatic nitrogens is 1. The Bertz CT molecular complexity index is 1770. The minimum absolute atomic E-state index is 0.0321. The van der Waals surface area contributed by atoms with Crippen LogP contribution < -0.4 is 15.5 Å².